The van der Waals surface area contributed by atoms with Crippen molar-refractivity contribution < 1.29 is 9.15 Å². The molecule has 1 aromatic carbocycles. The Bertz CT molecular complexity index is 932. The van der Waals surface area contributed by atoms with E-state index in [1.54, 1.807) is 30.3 Å². The number of fused-ring (bicyclic) bond motifs is 3. The predicted octanol–water partition coefficient (Wildman–Crippen LogP) is 2.61. The van der Waals surface area contributed by atoms with Crippen LogP contribution in [0.2, 0.25) is 0 Å². The summed E-state index contributed by atoms with van der Waals surface area (Å²) in [7, 11) is 3.64. The van der Waals surface area contributed by atoms with E-state index in [0.29, 0.717) is 27.9 Å². The first kappa shape index (κ1) is 14.9. The van der Waals surface area contributed by atoms with E-state index in [2.05, 4.69) is 11.1 Å². The van der Waals surface area contributed by atoms with Crippen molar-refractivity contribution in [2.24, 2.45) is 4.99 Å². The van der Waals surface area contributed by atoms with E-state index < -0.39 is 11.5 Å². The van der Waals surface area contributed by atoms with Crippen LogP contribution in [0.3, 0.4) is 0 Å². The van der Waals surface area contributed by atoms with Gasteiger partial charge in [0.15, 0.2) is 5.75 Å². The molecule has 0 saturated carbocycles. The fourth-order valence-electron chi connectivity index (χ4n) is 2.51. The van der Waals surface area contributed by atoms with Gasteiger partial charge in [0.1, 0.15) is 11.7 Å². The summed E-state index contributed by atoms with van der Waals surface area (Å²) in [6, 6.07) is 9.22. The van der Waals surface area contributed by atoms with Gasteiger partial charge in [0.25, 0.3) is 0 Å². The van der Waals surface area contributed by atoms with Crippen LogP contribution < -0.4 is 10.4 Å². The van der Waals surface area contributed by atoms with E-state index in [0.717, 1.165) is 0 Å². The first-order chi connectivity index (χ1) is 11.0. The molecule has 2 aromatic rings. The van der Waals surface area contributed by atoms with Crippen LogP contribution in [0.4, 0.5) is 0 Å². The summed E-state index contributed by atoms with van der Waals surface area (Å²) in [5, 5.41) is 10.1. The molecule has 0 aliphatic carbocycles. The van der Waals surface area contributed by atoms with Crippen LogP contribution in [0.5, 0.6) is 5.75 Å². The van der Waals surface area contributed by atoms with Gasteiger partial charge >= 0.3 is 5.63 Å². The van der Waals surface area contributed by atoms with Crippen LogP contribution in [-0.4, -0.2) is 25.3 Å². The maximum Gasteiger partial charge on any atom is 0.343 e. The van der Waals surface area contributed by atoms with E-state index in [1.807, 2.05) is 26.2 Å². The highest BCUT2D eigenvalue weighted by Gasteiger charge is 2.32. The van der Waals surface area contributed by atoms with Gasteiger partial charge in [-0.15, -0.1) is 0 Å². The summed E-state index contributed by atoms with van der Waals surface area (Å²) in [6.07, 6.45) is 1.55. The Morgan fingerprint density at radius 1 is 1.35 bits per heavy atom. The van der Waals surface area contributed by atoms with Crippen LogP contribution in [0.25, 0.3) is 11.0 Å². The Kier molecular flexibility index (Phi) is 3.62. The molecule has 1 aliphatic rings. The van der Waals surface area contributed by atoms with Gasteiger partial charge < -0.3 is 14.1 Å². The third-order valence-electron chi connectivity index (χ3n) is 3.62. The second kappa shape index (κ2) is 5.61. The maximum absolute atomic E-state index is 12.3. The van der Waals surface area contributed by atoms with Crippen LogP contribution >= 0.6 is 0 Å². The topological polar surface area (TPSA) is 78.8 Å². The second-order valence-electron chi connectivity index (χ2n) is 5.49. The van der Waals surface area contributed by atoms with E-state index in [4.69, 9.17) is 9.15 Å². The van der Waals surface area contributed by atoms with Gasteiger partial charge in [-0.05, 0) is 12.1 Å². The van der Waals surface area contributed by atoms with E-state index in [1.165, 1.54) is 0 Å². The minimum absolute atomic E-state index is 0.206. The maximum atomic E-state index is 12.3. The van der Waals surface area contributed by atoms with Crippen LogP contribution in [0.15, 0.2) is 49.9 Å². The highest BCUT2D eigenvalue weighted by Crippen LogP contribution is 2.41. The van der Waals surface area contributed by atoms with E-state index in [9.17, 15) is 10.1 Å². The number of para-hydroxylation sites is 1. The molecular weight excluding hydrogens is 294 g/mol. The number of hydrogen-bond acceptors (Lipinski definition) is 5. The lowest BCUT2D eigenvalue weighted by molar-refractivity contribution is 0.385. The highest BCUT2D eigenvalue weighted by atomic mass is 16.5. The van der Waals surface area contributed by atoms with Gasteiger partial charge in [-0.3, -0.25) is 0 Å². The third-order valence-corrected chi connectivity index (χ3v) is 3.62. The lowest BCUT2D eigenvalue weighted by Crippen LogP contribution is -2.21. The van der Waals surface area contributed by atoms with Crippen LogP contribution in [0.1, 0.15) is 18.4 Å². The molecule has 3 rings (SSSR count). The molecule has 0 radical (unpaired) electrons. The average Bonchev–Trinajstić information content (AvgIpc) is 2.52. The number of hydrogen-bond donors (Lipinski definition) is 0. The molecule has 0 saturated heterocycles. The Labute approximate surface area is 132 Å². The molecule has 6 nitrogen and oxygen atoms in total. The van der Waals surface area contributed by atoms with Crippen molar-refractivity contribution in [3.8, 4) is 11.8 Å². The summed E-state index contributed by atoms with van der Waals surface area (Å²) in [5.74, 6) is 0.171. The molecule has 0 spiro atoms. The zero-order chi connectivity index (χ0) is 16.6. The first-order valence-corrected chi connectivity index (χ1v) is 7.11. The quantitative estimate of drug-likeness (QED) is 0.484. The largest absolute Gasteiger partial charge is 0.437 e. The number of rotatable bonds is 2. The first-order valence-electron chi connectivity index (χ1n) is 7.11. The molecule has 1 atom stereocenters. The van der Waals surface area contributed by atoms with Crippen LogP contribution in [-0.2, 0) is 0 Å². The Hall–Kier alpha value is -3.07. The fourth-order valence-corrected chi connectivity index (χ4v) is 2.51. The monoisotopic (exact) mass is 309 g/mol. The molecular formula is C17H15N3O3. The van der Waals surface area contributed by atoms with Crippen molar-refractivity contribution in [1.29, 1.82) is 5.26 Å². The lowest BCUT2D eigenvalue weighted by Gasteiger charge is -2.23. The molecule has 23 heavy (non-hydrogen) atoms. The van der Waals surface area contributed by atoms with Crippen molar-refractivity contribution in [2.45, 2.75) is 12.8 Å². The number of ether oxygens (including phenoxy) is 1. The zero-order valence-corrected chi connectivity index (χ0v) is 13.0. The summed E-state index contributed by atoms with van der Waals surface area (Å²) in [4.78, 5) is 18.3. The second-order valence-corrected chi connectivity index (χ2v) is 5.49. The third kappa shape index (κ3) is 2.46. The van der Waals surface area contributed by atoms with Gasteiger partial charge in [-0.1, -0.05) is 19.1 Å². The van der Waals surface area contributed by atoms with Gasteiger partial charge in [0.05, 0.1) is 22.9 Å². The van der Waals surface area contributed by atoms with Gasteiger partial charge in [-0.25, -0.2) is 9.79 Å². The van der Waals surface area contributed by atoms with Crippen molar-refractivity contribution in [3.63, 3.8) is 0 Å². The summed E-state index contributed by atoms with van der Waals surface area (Å²) < 4.78 is 11.2. The van der Waals surface area contributed by atoms with Crippen molar-refractivity contribution >= 4 is 17.3 Å². The predicted molar refractivity (Wildman–Crippen MR) is 86.3 cm³/mol. The summed E-state index contributed by atoms with van der Waals surface area (Å²) in [5.41, 5.74) is 0.608. The summed E-state index contributed by atoms with van der Waals surface area (Å²) >= 11 is 0. The number of nitrogens with zero attached hydrogens (tertiary/aromatic N) is 3. The smallest absolute Gasteiger partial charge is 0.343 e. The number of nitriles is 1. The molecule has 1 aromatic heterocycles. The number of allylic oxidation sites excluding steroid dienone is 1. The molecule has 0 N–H and O–H groups in total. The SMILES string of the molecule is CC1C(C#N)=C(/N=C/N(C)C)Oc2c1c(=O)oc1ccccc21. The van der Waals surface area contributed by atoms with Crippen molar-refractivity contribution in [1.82, 2.24) is 4.90 Å². The molecule has 116 valence electrons. The molecule has 0 amide bonds. The zero-order valence-electron chi connectivity index (χ0n) is 13.0. The Morgan fingerprint density at radius 3 is 2.78 bits per heavy atom. The molecule has 2 heterocycles. The van der Waals surface area contributed by atoms with Crippen molar-refractivity contribution in [3.05, 3.63) is 51.7 Å². The average molecular weight is 309 g/mol. The Morgan fingerprint density at radius 2 is 2.09 bits per heavy atom. The normalized spacial score (nSPS) is 17.0. The minimum atomic E-state index is -0.491. The molecule has 0 bridgehead atoms. The lowest BCUT2D eigenvalue weighted by atomic mass is 9.91. The molecule has 1 unspecified atom stereocenters. The van der Waals surface area contributed by atoms with Gasteiger partial charge in [-0.2, -0.15) is 5.26 Å². The fraction of sp³-hybridized carbons (Fsp3) is 0.235. The number of benzene rings is 1. The minimum Gasteiger partial charge on any atom is -0.437 e. The highest BCUT2D eigenvalue weighted by molar-refractivity contribution is 5.85. The van der Waals surface area contributed by atoms with E-state index >= 15 is 0 Å². The number of aliphatic imine (C=N–C) groups is 1. The van der Waals surface area contributed by atoms with E-state index in [-0.39, 0.29) is 5.88 Å². The molecule has 6 heteroatoms. The summed E-state index contributed by atoms with van der Waals surface area (Å²) in [6.45, 7) is 1.77. The van der Waals surface area contributed by atoms with Crippen molar-refractivity contribution in [2.75, 3.05) is 14.1 Å². The standard InChI is InChI=1S/C17H15N3O3/c1-10-12(8-18)16(19-9-20(2)3)23-15-11-6-4-5-7-13(11)22-17(21)14(10)15/h4-7,9-10H,1-3H3/b19-9+. The molecule has 0 fully saturated rings. The molecule has 1 aliphatic heterocycles. The van der Waals surface area contributed by atoms with Gasteiger partial charge in [0.2, 0.25) is 5.88 Å². The van der Waals surface area contributed by atoms with Crippen LogP contribution in [0, 0.1) is 11.3 Å². The van der Waals surface area contributed by atoms with Gasteiger partial charge in [0, 0.05) is 20.0 Å². The Balaban J connectivity index is 2.26.